The molecule has 0 spiro atoms. The Morgan fingerprint density at radius 1 is 1.12 bits per heavy atom. The van der Waals surface area contributed by atoms with Crippen LogP contribution in [-0.2, 0) is 0 Å². The van der Waals surface area contributed by atoms with Crippen molar-refractivity contribution < 1.29 is 23.7 Å². The first-order valence-electron chi connectivity index (χ1n) is 7.65. The Balaban J connectivity index is 1.80. The molecular weight excluding hydrogens is 437 g/mol. The summed E-state index contributed by atoms with van der Waals surface area (Å²) in [6.45, 7) is 2.15. The monoisotopic (exact) mass is 455 g/mol. The third kappa shape index (κ3) is 3.60. The molecule has 1 aliphatic rings. The summed E-state index contributed by atoms with van der Waals surface area (Å²) in [6, 6.07) is 8.92. The standard InChI is InChI=1S/C18H18INO5/c1-10(11-4-5-14-17(6-11)25-9-24-14)20-18(21)12-7-15(22-2)16(23-3)8-13(12)19/h4-8,10H,9H2,1-3H3,(H,20,21). The Kier molecular flexibility index (Phi) is 5.22. The minimum absolute atomic E-state index is 0.185. The first kappa shape index (κ1) is 17.7. The molecule has 25 heavy (non-hydrogen) atoms. The summed E-state index contributed by atoms with van der Waals surface area (Å²) in [6.07, 6.45) is 0. The average molecular weight is 455 g/mol. The topological polar surface area (TPSA) is 66.0 Å². The van der Waals surface area contributed by atoms with Crippen molar-refractivity contribution >= 4 is 28.5 Å². The van der Waals surface area contributed by atoms with E-state index in [2.05, 4.69) is 27.9 Å². The third-order valence-electron chi connectivity index (χ3n) is 3.96. The van der Waals surface area contributed by atoms with Crippen molar-refractivity contribution in [1.82, 2.24) is 5.32 Å². The van der Waals surface area contributed by atoms with E-state index in [9.17, 15) is 4.79 Å². The summed E-state index contributed by atoms with van der Waals surface area (Å²) >= 11 is 2.11. The number of hydrogen-bond donors (Lipinski definition) is 1. The highest BCUT2D eigenvalue weighted by Gasteiger charge is 2.20. The molecule has 3 rings (SSSR count). The predicted octanol–water partition coefficient (Wildman–Crippen LogP) is 3.53. The largest absolute Gasteiger partial charge is 0.493 e. The van der Waals surface area contributed by atoms with Crippen molar-refractivity contribution in [2.75, 3.05) is 21.0 Å². The zero-order chi connectivity index (χ0) is 18.0. The molecule has 1 amide bonds. The molecule has 0 radical (unpaired) electrons. The van der Waals surface area contributed by atoms with Crippen LogP contribution in [0.5, 0.6) is 23.0 Å². The van der Waals surface area contributed by atoms with Crippen LogP contribution in [0, 0.1) is 3.57 Å². The summed E-state index contributed by atoms with van der Waals surface area (Å²) in [7, 11) is 3.11. The van der Waals surface area contributed by atoms with Crippen molar-refractivity contribution in [2.45, 2.75) is 13.0 Å². The first-order chi connectivity index (χ1) is 12.0. The fourth-order valence-electron chi connectivity index (χ4n) is 2.57. The molecule has 7 heteroatoms. The molecule has 1 aliphatic heterocycles. The van der Waals surface area contributed by atoms with Crippen LogP contribution in [0.15, 0.2) is 30.3 Å². The second-order valence-electron chi connectivity index (χ2n) is 5.49. The van der Waals surface area contributed by atoms with Crippen LogP contribution < -0.4 is 24.3 Å². The summed E-state index contributed by atoms with van der Waals surface area (Å²) in [5.74, 6) is 2.34. The molecule has 1 N–H and O–H groups in total. The van der Waals surface area contributed by atoms with Crippen molar-refractivity contribution in [3.05, 3.63) is 45.0 Å². The SMILES string of the molecule is COc1cc(I)c(C(=O)NC(C)c2ccc3c(c2)OCO3)cc1OC. The number of carbonyl (C=O) groups is 1. The zero-order valence-corrected chi connectivity index (χ0v) is 16.2. The summed E-state index contributed by atoms with van der Waals surface area (Å²) in [5.41, 5.74) is 1.47. The van der Waals surface area contributed by atoms with Crippen molar-refractivity contribution in [2.24, 2.45) is 0 Å². The minimum atomic E-state index is -0.189. The molecule has 0 bridgehead atoms. The maximum Gasteiger partial charge on any atom is 0.252 e. The lowest BCUT2D eigenvalue weighted by Gasteiger charge is -2.17. The van der Waals surface area contributed by atoms with Gasteiger partial charge in [0, 0.05) is 3.57 Å². The number of amides is 1. The molecule has 1 heterocycles. The van der Waals surface area contributed by atoms with Crippen LogP contribution in [0.3, 0.4) is 0 Å². The van der Waals surface area contributed by atoms with Crippen LogP contribution in [0.4, 0.5) is 0 Å². The number of fused-ring (bicyclic) bond motifs is 1. The minimum Gasteiger partial charge on any atom is -0.493 e. The van der Waals surface area contributed by atoms with E-state index in [0.29, 0.717) is 22.8 Å². The van der Waals surface area contributed by atoms with Gasteiger partial charge in [-0.1, -0.05) is 6.07 Å². The van der Waals surface area contributed by atoms with Crippen LogP contribution >= 0.6 is 22.6 Å². The molecule has 2 aromatic rings. The second-order valence-corrected chi connectivity index (χ2v) is 6.66. The second kappa shape index (κ2) is 7.38. The van der Waals surface area contributed by atoms with Gasteiger partial charge >= 0.3 is 0 Å². The van der Waals surface area contributed by atoms with E-state index in [-0.39, 0.29) is 18.7 Å². The van der Waals surface area contributed by atoms with Gasteiger partial charge in [-0.3, -0.25) is 4.79 Å². The number of nitrogens with one attached hydrogen (secondary N) is 1. The lowest BCUT2D eigenvalue weighted by atomic mass is 10.1. The number of methoxy groups -OCH3 is 2. The molecule has 0 saturated heterocycles. The van der Waals surface area contributed by atoms with E-state index < -0.39 is 0 Å². The zero-order valence-electron chi connectivity index (χ0n) is 14.1. The Bertz CT molecular complexity index is 808. The fourth-order valence-corrected chi connectivity index (χ4v) is 3.25. The Labute approximate surface area is 159 Å². The van der Waals surface area contributed by atoms with E-state index in [1.807, 2.05) is 25.1 Å². The molecule has 0 fully saturated rings. The van der Waals surface area contributed by atoms with Gasteiger partial charge in [0.25, 0.3) is 5.91 Å². The van der Waals surface area contributed by atoms with Crippen molar-refractivity contribution in [1.29, 1.82) is 0 Å². The van der Waals surface area contributed by atoms with Crippen LogP contribution in [0.25, 0.3) is 0 Å². The van der Waals surface area contributed by atoms with E-state index in [1.165, 1.54) is 0 Å². The average Bonchev–Trinajstić information content (AvgIpc) is 3.08. The maximum absolute atomic E-state index is 12.7. The molecule has 1 unspecified atom stereocenters. The van der Waals surface area contributed by atoms with Crippen LogP contribution in [0.1, 0.15) is 28.9 Å². The van der Waals surface area contributed by atoms with Gasteiger partial charge in [-0.15, -0.1) is 0 Å². The quantitative estimate of drug-likeness (QED) is 0.700. The Hall–Kier alpha value is -2.16. The maximum atomic E-state index is 12.7. The summed E-state index contributed by atoms with van der Waals surface area (Å²) in [4.78, 5) is 12.7. The predicted molar refractivity (Wildman–Crippen MR) is 101 cm³/mol. The smallest absolute Gasteiger partial charge is 0.252 e. The first-order valence-corrected chi connectivity index (χ1v) is 8.73. The highest BCUT2D eigenvalue weighted by atomic mass is 127. The van der Waals surface area contributed by atoms with E-state index in [4.69, 9.17) is 18.9 Å². The third-order valence-corrected chi connectivity index (χ3v) is 4.85. The molecule has 6 nitrogen and oxygen atoms in total. The van der Waals surface area contributed by atoms with Gasteiger partial charge < -0.3 is 24.3 Å². The molecule has 1 atom stereocenters. The van der Waals surface area contributed by atoms with E-state index in [0.717, 1.165) is 14.9 Å². The lowest BCUT2D eigenvalue weighted by molar-refractivity contribution is 0.0938. The van der Waals surface area contributed by atoms with Crippen molar-refractivity contribution in [3.8, 4) is 23.0 Å². The molecule has 0 aliphatic carbocycles. The number of ether oxygens (including phenoxy) is 4. The Morgan fingerprint density at radius 3 is 2.52 bits per heavy atom. The van der Waals surface area contributed by atoms with Gasteiger partial charge in [0.15, 0.2) is 23.0 Å². The highest BCUT2D eigenvalue weighted by molar-refractivity contribution is 14.1. The van der Waals surface area contributed by atoms with Gasteiger partial charge in [-0.05, 0) is 59.3 Å². The molecule has 132 valence electrons. The van der Waals surface area contributed by atoms with Crippen LogP contribution in [0.2, 0.25) is 0 Å². The lowest BCUT2D eigenvalue weighted by Crippen LogP contribution is -2.27. The van der Waals surface area contributed by atoms with E-state index >= 15 is 0 Å². The highest BCUT2D eigenvalue weighted by Crippen LogP contribution is 2.35. The van der Waals surface area contributed by atoms with Gasteiger partial charge in [0.2, 0.25) is 6.79 Å². The summed E-state index contributed by atoms with van der Waals surface area (Å²) in [5, 5.41) is 3.00. The van der Waals surface area contributed by atoms with E-state index in [1.54, 1.807) is 26.4 Å². The van der Waals surface area contributed by atoms with Gasteiger partial charge in [-0.25, -0.2) is 0 Å². The number of benzene rings is 2. The number of carbonyl (C=O) groups excluding carboxylic acids is 1. The number of hydrogen-bond acceptors (Lipinski definition) is 5. The van der Waals surface area contributed by atoms with Gasteiger partial charge in [0.05, 0.1) is 25.8 Å². The summed E-state index contributed by atoms with van der Waals surface area (Å²) < 4.78 is 22.0. The molecule has 2 aromatic carbocycles. The number of rotatable bonds is 5. The van der Waals surface area contributed by atoms with Gasteiger partial charge in [-0.2, -0.15) is 0 Å². The van der Waals surface area contributed by atoms with Crippen LogP contribution in [-0.4, -0.2) is 26.9 Å². The van der Waals surface area contributed by atoms with Gasteiger partial charge in [0.1, 0.15) is 0 Å². The molecule has 0 saturated carbocycles. The fraction of sp³-hybridized carbons (Fsp3) is 0.278. The normalized spacial score (nSPS) is 13.3. The van der Waals surface area contributed by atoms with Crippen molar-refractivity contribution in [3.63, 3.8) is 0 Å². The Morgan fingerprint density at radius 2 is 1.80 bits per heavy atom. The molecule has 0 aromatic heterocycles. The molecular formula is C18H18INO5. The number of halogens is 1.